The first-order valence-electron chi connectivity index (χ1n) is 12.3. The van der Waals surface area contributed by atoms with E-state index in [1.165, 1.54) is 0 Å². The first-order chi connectivity index (χ1) is 17.0. The summed E-state index contributed by atoms with van der Waals surface area (Å²) in [5, 5.41) is 18.7. The molecule has 1 saturated heterocycles. The van der Waals surface area contributed by atoms with Crippen LogP contribution in [0.4, 0.5) is 22.0 Å². The molecule has 1 atom stereocenters. The van der Waals surface area contributed by atoms with Gasteiger partial charge in [0.2, 0.25) is 0 Å². The van der Waals surface area contributed by atoms with Crippen LogP contribution in [0, 0.1) is 12.8 Å². The SMILES string of the molecule is CC[C@@H](CC(=O)O)c1ccc(N(CC(C)C)C2CCS(=O)(=O)CC2)c(NC(=O)Nc2cc(C)on2)c1. The molecule has 2 heterocycles. The minimum absolute atomic E-state index is 0.00423. The number of hydrogen-bond donors (Lipinski definition) is 3. The summed E-state index contributed by atoms with van der Waals surface area (Å²) in [6.07, 6.45) is 1.64. The van der Waals surface area contributed by atoms with E-state index in [1.807, 2.05) is 25.1 Å². The molecule has 1 aliphatic heterocycles. The Morgan fingerprint density at radius 1 is 1.19 bits per heavy atom. The molecule has 0 radical (unpaired) electrons. The number of aliphatic carboxylic acids is 1. The Morgan fingerprint density at radius 2 is 1.89 bits per heavy atom. The number of sulfone groups is 1. The first-order valence-corrected chi connectivity index (χ1v) is 14.1. The first kappa shape index (κ1) is 27.5. The fourth-order valence-corrected chi connectivity index (χ4v) is 6.06. The van der Waals surface area contributed by atoms with Gasteiger partial charge in [0.25, 0.3) is 0 Å². The number of nitrogens with zero attached hydrogens (tertiary/aromatic N) is 2. The Balaban J connectivity index is 1.98. The Morgan fingerprint density at radius 3 is 2.44 bits per heavy atom. The molecule has 2 amide bonds. The molecule has 1 fully saturated rings. The van der Waals surface area contributed by atoms with Crippen LogP contribution in [0.3, 0.4) is 0 Å². The molecule has 0 spiro atoms. The fourth-order valence-electron chi connectivity index (χ4n) is 4.59. The van der Waals surface area contributed by atoms with Gasteiger partial charge in [-0.1, -0.05) is 32.0 Å². The third-order valence-corrected chi connectivity index (χ3v) is 8.08. The van der Waals surface area contributed by atoms with Gasteiger partial charge in [0.15, 0.2) is 5.82 Å². The van der Waals surface area contributed by atoms with Crippen LogP contribution in [0.15, 0.2) is 28.8 Å². The highest BCUT2D eigenvalue weighted by molar-refractivity contribution is 7.91. The molecule has 3 rings (SSSR count). The lowest BCUT2D eigenvalue weighted by molar-refractivity contribution is -0.137. The predicted molar refractivity (Wildman–Crippen MR) is 139 cm³/mol. The van der Waals surface area contributed by atoms with Gasteiger partial charge >= 0.3 is 12.0 Å². The van der Waals surface area contributed by atoms with Gasteiger partial charge in [-0.2, -0.15) is 0 Å². The average molecular weight is 521 g/mol. The van der Waals surface area contributed by atoms with Crippen LogP contribution < -0.4 is 15.5 Å². The third kappa shape index (κ3) is 7.46. The fraction of sp³-hybridized carbons (Fsp3) is 0.560. The zero-order valence-electron chi connectivity index (χ0n) is 21.3. The zero-order valence-corrected chi connectivity index (χ0v) is 22.1. The third-order valence-electron chi connectivity index (χ3n) is 6.36. The van der Waals surface area contributed by atoms with E-state index in [0.29, 0.717) is 43.2 Å². The summed E-state index contributed by atoms with van der Waals surface area (Å²) in [5.74, 6) is 0.296. The van der Waals surface area contributed by atoms with Gasteiger partial charge in [0.1, 0.15) is 15.6 Å². The van der Waals surface area contributed by atoms with Crippen molar-refractivity contribution in [3.8, 4) is 0 Å². The summed E-state index contributed by atoms with van der Waals surface area (Å²) < 4.78 is 29.1. The number of amides is 2. The molecule has 1 aromatic heterocycles. The standard InChI is InChI=1S/C25H36N4O6S/c1-5-18(14-24(30)31)19-6-7-22(21(13-19)26-25(32)27-23-12-17(4)35-28-23)29(15-16(2)3)20-8-10-36(33,34)11-9-20/h6-7,12-13,16,18,20H,5,8-11,14-15H2,1-4H3,(H,30,31)(H2,26,27,28,32)/t18-/m0/s1. The number of hydrogen-bond acceptors (Lipinski definition) is 7. The molecule has 36 heavy (non-hydrogen) atoms. The van der Waals surface area contributed by atoms with E-state index in [2.05, 4.69) is 34.5 Å². The van der Waals surface area contributed by atoms with Crippen LogP contribution in [0.5, 0.6) is 0 Å². The molecule has 0 bridgehead atoms. The summed E-state index contributed by atoms with van der Waals surface area (Å²) >= 11 is 0. The topological polar surface area (TPSA) is 142 Å². The second-order valence-corrected chi connectivity index (χ2v) is 12.1. The number of aromatic nitrogens is 1. The maximum atomic E-state index is 12.9. The maximum absolute atomic E-state index is 12.9. The van der Waals surface area contributed by atoms with E-state index < -0.39 is 21.8 Å². The summed E-state index contributed by atoms with van der Waals surface area (Å²) in [4.78, 5) is 26.5. The van der Waals surface area contributed by atoms with Crippen LogP contribution in [0.2, 0.25) is 0 Å². The van der Waals surface area contributed by atoms with E-state index in [9.17, 15) is 23.1 Å². The van der Waals surface area contributed by atoms with Crippen molar-refractivity contribution in [2.24, 2.45) is 5.92 Å². The molecule has 11 heteroatoms. The number of carbonyl (C=O) groups is 2. The molecule has 0 unspecified atom stereocenters. The van der Waals surface area contributed by atoms with Crippen molar-refractivity contribution in [1.29, 1.82) is 0 Å². The predicted octanol–water partition coefficient (Wildman–Crippen LogP) is 4.63. The smallest absolute Gasteiger partial charge is 0.325 e. The number of benzene rings is 1. The lowest BCUT2D eigenvalue weighted by Crippen LogP contribution is -2.43. The largest absolute Gasteiger partial charge is 0.481 e. The van der Waals surface area contributed by atoms with Gasteiger partial charge in [-0.25, -0.2) is 13.2 Å². The van der Waals surface area contributed by atoms with Crippen molar-refractivity contribution in [2.45, 2.75) is 65.3 Å². The number of carboxylic acids is 1. The second-order valence-electron chi connectivity index (χ2n) is 9.81. The average Bonchev–Trinajstić information content (AvgIpc) is 3.20. The highest BCUT2D eigenvalue weighted by atomic mass is 32.2. The van der Waals surface area contributed by atoms with Crippen LogP contribution in [0.1, 0.15) is 63.7 Å². The van der Waals surface area contributed by atoms with Crippen molar-refractivity contribution in [1.82, 2.24) is 5.16 Å². The quantitative estimate of drug-likeness (QED) is 0.411. The molecule has 10 nitrogen and oxygen atoms in total. The van der Waals surface area contributed by atoms with E-state index in [4.69, 9.17) is 4.52 Å². The van der Waals surface area contributed by atoms with E-state index in [-0.39, 0.29) is 35.7 Å². The van der Waals surface area contributed by atoms with Crippen LogP contribution >= 0.6 is 0 Å². The normalized spacial score (nSPS) is 16.5. The summed E-state index contributed by atoms with van der Waals surface area (Å²) in [7, 11) is -3.03. The van der Waals surface area contributed by atoms with Crippen molar-refractivity contribution >= 4 is 39.0 Å². The number of urea groups is 1. The van der Waals surface area contributed by atoms with Gasteiger partial charge in [-0.15, -0.1) is 0 Å². The molecule has 0 aliphatic carbocycles. The Hall–Kier alpha value is -3.08. The molecule has 1 aromatic carbocycles. The van der Waals surface area contributed by atoms with Gasteiger partial charge in [0.05, 0.1) is 29.3 Å². The molecule has 3 N–H and O–H groups in total. The number of rotatable bonds is 10. The Labute approximate surface area is 212 Å². The highest BCUT2D eigenvalue weighted by Crippen LogP contribution is 2.36. The van der Waals surface area contributed by atoms with Crippen LogP contribution in [0.25, 0.3) is 0 Å². The number of carbonyl (C=O) groups excluding carboxylic acids is 1. The number of aryl methyl sites for hydroxylation is 1. The van der Waals surface area contributed by atoms with Crippen molar-refractivity contribution in [3.63, 3.8) is 0 Å². The molecule has 2 aromatic rings. The highest BCUT2D eigenvalue weighted by Gasteiger charge is 2.30. The van der Waals surface area contributed by atoms with E-state index in [0.717, 1.165) is 11.3 Å². The van der Waals surface area contributed by atoms with Gasteiger partial charge in [-0.05, 0) is 55.7 Å². The van der Waals surface area contributed by atoms with Gasteiger partial charge < -0.3 is 19.8 Å². The summed E-state index contributed by atoms with van der Waals surface area (Å²) in [6, 6.07) is 6.73. The Bertz CT molecular complexity index is 1160. The van der Waals surface area contributed by atoms with Crippen molar-refractivity contribution in [2.75, 3.05) is 33.6 Å². The summed E-state index contributed by atoms with van der Waals surface area (Å²) in [5.41, 5.74) is 2.11. The van der Waals surface area contributed by atoms with Crippen LogP contribution in [-0.4, -0.2) is 54.8 Å². The number of nitrogens with one attached hydrogen (secondary N) is 2. The summed E-state index contributed by atoms with van der Waals surface area (Å²) in [6.45, 7) is 8.51. The number of anilines is 3. The van der Waals surface area contributed by atoms with Gasteiger partial charge in [0, 0.05) is 18.7 Å². The molecule has 1 aliphatic rings. The van der Waals surface area contributed by atoms with E-state index >= 15 is 0 Å². The lowest BCUT2D eigenvalue weighted by atomic mass is 9.92. The lowest BCUT2D eigenvalue weighted by Gasteiger charge is -2.38. The van der Waals surface area contributed by atoms with Crippen molar-refractivity contribution in [3.05, 3.63) is 35.6 Å². The molecular formula is C25H36N4O6S. The molecule has 0 saturated carbocycles. The van der Waals surface area contributed by atoms with Crippen LogP contribution in [-0.2, 0) is 14.6 Å². The molecule has 198 valence electrons. The number of carboxylic acid groups (broad SMARTS) is 1. The molecular weight excluding hydrogens is 484 g/mol. The Kier molecular flexibility index (Phi) is 8.99. The van der Waals surface area contributed by atoms with E-state index in [1.54, 1.807) is 13.0 Å². The minimum atomic E-state index is -3.03. The monoisotopic (exact) mass is 520 g/mol. The zero-order chi connectivity index (χ0) is 26.5. The second kappa shape index (κ2) is 11.8. The maximum Gasteiger partial charge on any atom is 0.325 e. The van der Waals surface area contributed by atoms with Gasteiger partial charge in [-0.3, -0.25) is 10.1 Å². The minimum Gasteiger partial charge on any atom is -0.481 e. The van der Waals surface area contributed by atoms with Crippen molar-refractivity contribution < 1.29 is 27.6 Å².